The molecule has 0 aromatic carbocycles. The van der Waals surface area contributed by atoms with Crippen LogP contribution in [0.4, 0.5) is 0 Å². The Labute approximate surface area is 98.8 Å². The summed E-state index contributed by atoms with van der Waals surface area (Å²) in [4.78, 5) is 6.39. The van der Waals surface area contributed by atoms with Gasteiger partial charge in [-0.1, -0.05) is 6.92 Å². The molecule has 0 unspecified atom stereocenters. The van der Waals surface area contributed by atoms with Crippen molar-refractivity contribution >= 4 is 5.96 Å². The molecule has 5 nitrogen and oxygen atoms in total. The summed E-state index contributed by atoms with van der Waals surface area (Å²) in [5.74, 6) is 0.913. The molecule has 0 saturated carbocycles. The van der Waals surface area contributed by atoms with Crippen LogP contribution >= 0.6 is 0 Å². The average molecular weight is 231 g/mol. The topological polar surface area (TPSA) is 46.1 Å². The Bertz CT molecular complexity index is 178. The van der Waals surface area contributed by atoms with Crippen molar-refractivity contribution in [3.05, 3.63) is 0 Å². The van der Waals surface area contributed by atoms with Gasteiger partial charge in [0.25, 0.3) is 0 Å². The third-order valence-corrected chi connectivity index (χ3v) is 2.18. The lowest BCUT2D eigenvalue weighted by molar-refractivity contribution is 0.144. The number of hydrogen-bond donors (Lipinski definition) is 1. The molecule has 0 spiro atoms. The van der Waals surface area contributed by atoms with Crippen molar-refractivity contribution in [2.45, 2.75) is 13.3 Å². The Morgan fingerprint density at radius 2 is 1.75 bits per heavy atom. The quantitative estimate of drug-likeness (QED) is 0.490. The van der Waals surface area contributed by atoms with Crippen LogP contribution in [-0.4, -0.2) is 65.0 Å². The largest absolute Gasteiger partial charge is 0.383 e. The molecule has 96 valence electrons. The van der Waals surface area contributed by atoms with Gasteiger partial charge in [-0.05, 0) is 6.42 Å². The molecule has 1 N–H and O–H groups in total. The molecule has 0 bridgehead atoms. The molecule has 0 aliphatic rings. The van der Waals surface area contributed by atoms with Gasteiger partial charge in [-0.3, -0.25) is 4.99 Å². The zero-order valence-electron chi connectivity index (χ0n) is 11.0. The Morgan fingerprint density at radius 1 is 1.19 bits per heavy atom. The number of hydrogen-bond acceptors (Lipinski definition) is 3. The molecular weight excluding hydrogens is 206 g/mol. The number of rotatable bonds is 8. The normalized spacial score (nSPS) is 11.6. The van der Waals surface area contributed by atoms with E-state index in [0.29, 0.717) is 13.2 Å². The third kappa shape index (κ3) is 6.63. The lowest BCUT2D eigenvalue weighted by atomic mass is 10.4. The van der Waals surface area contributed by atoms with Crippen molar-refractivity contribution in [2.24, 2.45) is 4.99 Å². The van der Waals surface area contributed by atoms with E-state index in [1.54, 1.807) is 21.3 Å². The maximum atomic E-state index is 5.09. The van der Waals surface area contributed by atoms with Crippen LogP contribution < -0.4 is 5.32 Å². The number of nitrogens with zero attached hydrogens (tertiary/aromatic N) is 2. The summed E-state index contributed by atoms with van der Waals surface area (Å²) in [5, 5.41) is 3.30. The maximum Gasteiger partial charge on any atom is 0.193 e. The summed E-state index contributed by atoms with van der Waals surface area (Å²) >= 11 is 0. The second kappa shape index (κ2) is 10.7. The molecule has 0 saturated heterocycles. The average Bonchev–Trinajstić information content (AvgIpc) is 2.32. The Morgan fingerprint density at radius 3 is 2.12 bits per heavy atom. The van der Waals surface area contributed by atoms with Gasteiger partial charge in [-0.2, -0.15) is 0 Å². The van der Waals surface area contributed by atoms with E-state index < -0.39 is 0 Å². The smallest absolute Gasteiger partial charge is 0.193 e. The van der Waals surface area contributed by atoms with Gasteiger partial charge in [0.15, 0.2) is 5.96 Å². The van der Waals surface area contributed by atoms with Crippen molar-refractivity contribution in [3.8, 4) is 0 Å². The molecule has 0 fully saturated rings. The predicted molar refractivity (Wildman–Crippen MR) is 67.0 cm³/mol. The fourth-order valence-corrected chi connectivity index (χ4v) is 1.30. The molecule has 0 heterocycles. The van der Waals surface area contributed by atoms with Crippen LogP contribution in [0.1, 0.15) is 13.3 Å². The van der Waals surface area contributed by atoms with E-state index in [2.05, 4.69) is 22.1 Å². The molecule has 16 heavy (non-hydrogen) atoms. The predicted octanol–water partition coefficient (Wildman–Crippen LogP) is 0.567. The number of nitrogens with one attached hydrogen (secondary N) is 1. The summed E-state index contributed by atoms with van der Waals surface area (Å²) < 4.78 is 10.2. The van der Waals surface area contributed by atoms with Crippen molar-refractivity contribution in [1.82, 2.24) is 10.2 Å². The van der Waals surface area contributed by atoms with Crippen molar-refractivity contribution in [1.29, 1.82) is 0 Å². The SMILES string of the molecule is CCCNC(=NC)N(CCOC)CCOC. The molecule has 0 aromatic rings. The summed E-state index contributed by atoms with van der Waals surface area (Å²) in [5.41, 5.74) is 0. The second-order valence-electron chi connectivity index (χ2n) is 3.45. The van der Waals surface area contributed by atoms with Gasteiger partial charge in [0, 0.05) is 40.9 Å². The van der Waals surface area contributed by atoms with Crippen molar-refractivity contribution in [2.75, 3.05) is 54.1 Å². The lowest BCUT2D eigenvalue weighted by Crippen LogP contribution is -2.44. The first-order chi connectivity index (χ1) is 7.79. The summed E-state index contributed by atoms with van der Waals surface area (Å²) in [6.07, 6.45) is 1.08. The molecule has 0 aliphatic heterocycles. The Balaban J connectivity index is 4.19. The van der Waals surface area contributed by atoms with E-state index in [1.165, 1.54) is 0 Å². The summed E-state index contributed by atoms with van der Waals surface area (Å²) in [7, 11) is 5.21. The van der Waals surface area contributed by atoms with E-state index >= 15 is 0 Å². The van der Waals surface area contributed by atoms with Crippen LogP contribution in [0.5, 0.6) is 0 Å². The van der Waals surface area contributed by atoms with Gasteiger partial charge in [0.1, 0.15) is 0 Å². The van der Waals surface area contributed by atoms with Gasteiger partial charge >= 0.3 is 0 Å². The highest BCUT2D eigenvalue weighted by molar-refractivity contribution is 5.79. The van der Waals surface area contributed by atoms with Gasteiger partial charge in [0.2, 0.25) is 0 Å². The molecular formula is C11H25N3O2. The van der Waals surface area contributed by atoms with Crippen LogP contribution in [0.2, 0.25) is 0 Å². The third-order valence-electron chi connectivity index (χ3n) is 2.18. The molecule has 0 amide bonds. The number of aliphatic imine (C=N–C) groups is 1. The van der Waals surface area contributed by atoms with Crippen molar-refractivity contribution in [3.63, 3.8) is 0 Å². The summed E-state index contributed by atoms with van der Waals surface area (Å²) in [6, 6.07) is 0. The number of guanidine groups is 1. The van der Waals surface area contributed by atoms with Crippen molar-refractivity contribution < 1.29 is 9.47 Å². The Hall–Kier alpha value is -0.810. The highest BCUT2D eigenvalue weighted by Gasteiger charge is 2.09. The molecule has 0 aromatic heterocycles. The van der Waals surface area contributed by atoms with Gasteiger partial charge < -0.3 is 19.7 Å². The first-order valence-electron chi connectivity index (χ1n) is 5.73. The lowest BCUT2D eigenvalue weighted by Gasteiger charge is -2.26. The highest BCUT2D eigenvalue weighted by Crippen LogP contribution is 1.91. The van der Waals surface area contributed by atoms with Gasteiger partial charge in [-0.25, -0.2) is 0 Å². The molecule has 5 heteroatoms. The molecule has 0 rings (SSSR count). The summed E-state index contributed by atoms with van der Waals surface area (Å²) in [6.45, 7) is 6.09. The van der Waals surface area contributed by atoms with E-state index in [4.69, 9.17) is 9.47 Å². The fourth-order valence-electron chi connectivity index (χ4n) is 1.30. The van der Waals surface area contributed by atoms with Crippen LogP contribution in [0, 0.1) is 0 Å². The van der Waals surface area contributed by atoms with Gasteiger partial charge in [-0.15, -0.1) is 0 Å². The molecule has 0 radical (unpaired) electrons. The second-order valence-corrected chi connectivity index (χ2v) is 3.45. The van der Waals surface area contributed by atoms with Gasteiger partial charge in [0.05, 0.1) is 13.2 Å². The van der Waals surface area contributed by atoms with E-state index in [-0.39, 0.29) is 0 Å². The minimum atomic E-state index is 0.691. The van der Waals surface area contributed by atoms with E-state index in [0.717, 1.165) is 32.0 Å². The molecule has 0 aliphatic carbocycles. The zero-order chi connectivity index (χ0) is 12.2. The van der Waals surface area contributed by atoms with Crippen LogP contribution in [0.3, 0.4) is 0 Å². The number of methoxy groups -OCH3 is 2. The first kappa shape index (κ1) is 15.2. The highest BCUT2D eigenvalue weighted by atomic mass is 16.5. The standard InChI is InChI=1S/C11H25N3O2/c1-5-6-13-11(12-2)14(7-9-15-3)8-10-16-4/h5-10H2,1-4H3,(H,12,13). The fraction of sp³-hybridized carbons (Fsp3) is 0.909. The Kier molecular flexibility index (Phi) is 10.2. The minimum absolute atomic E-state index is 0.691. The van der Waals surface area contributed by atoms with E-state index in [9.17, 15) is 0 Å². The first-order valence-corrected chi connectivity index (χ1v) is 5.73. The molecule has 0 atom stereocenters. The van der Waals surface area contributed by atoms with Crippen LogP contribution in [-0.2, 0) is 9.47 Å². The van der Waals surface area contributed by atoms with E-state index in [1.807, 2.05) is 0 Å². The van der Waals surface area contributed by atoms with Crippen LogP contribution in [0.15, 0.2) is 4.99 Å². The van der Waals surface area contributed by atoms with Crippen LogP contribution in [0.25, 0.3) is 0 Å². The maximum absolute atomic E-state index is 5.09. The zero-order valence-corrected chi connectivity index (χ0v) is 11.0. The number of ether oxygens (including phenoxy) is 2. The monoisotopic (exact) mass is 231 g/mol. The minimum Gasteiger partial charge on any atom is -0.383 e.